The van der Waals surface area contributed by atoms with Crippen LogP contribution in [0.2, 0.25) is 0 Å². The predicted octanol–water partition coefficient (Wildman–Crippen LogP) is 6.30. The van der Waals surface area contributed by atoms with Crippen molar-refractivity contribution >= 4 is 17.5 Å². The molecule has 0 saturated carbocycles. The first kappa shape index (κ1) is 33.3. The van der Waals surface area contributed by atoms with Crippen LogP contribution >= 0.6 is 0 Å². The summed E-state index contributed by atoms with van der Waals surface area (Å²) in [6.45, 7) is 7.25. The van der Waals surface area contributed by atoms with Crippen LogP contribution in [0.5, 0.6) is 0 Å². The Morgan fingerprint density at radius 1 is 0.909 bits per heavy atom. The fourth-order valence-electron chi connectivity index (χ4n) is 5.55. The van der Waals surface area contributed by atoms with Gasteiger partial charge in [0.2, 0.25) is 11.8 Å². The fourth-order valence-corrected chi connectivity index (χ4v) is 5.55. The van der Waals surface area contributed by atoms with E-state index in [1.807, 2.05) is 54.6 Å². The molecule has 44 heavy (non-hydrogen) atoms. The van der Waals surface area contributed by atoms with Crippen LogP contribution in [0.3, 0.4) is 0 Å². The number of nitrogens with zero attached hydrogens (tertiary/aromatic N) is 1. The van der Waals surface area contributed by atoms with E-state index in [1.54, 1.807) is 0 Å². The lowest BCUT2D eigenvalue weighted by Gasteiger charge is -2.43. The molecule has 8 nitrogen and oxygen atoms in total. The quantitative estimate of drug-likeness (QED) is 0.188. The van der Waals surface area contributed by atoms with Gasteiger partial charge in [0.15, 0.2) is 6.29 Å². The summed E-state index contributed by atoms with van der Waals surface area (Å²) in [7, 11) is 2.13. The molecule has 5 atom stereocenters. The summed E-state index contributed by atoms with van der Waals surface area (Å²) < 4.78 is 13.2. The summed E-state index contributed by atoms with van der Waals surface area (Å²) in [5, 5.41) is 15.3. The lowest BCUT2D eigenvalue weighted by atomic mass is 9.89. The number of ether oxygens (including phenoxy) is 2. The minimum absolute atomic E-state index is 0.000617. The number of hydrogen-bond donors (Lipinski definition) is 3. The number of benzene rings is 3. The molecule has 1 aliphatic rings. The summed E-state index contributed by atoms with van der Waals surface area (Å²) in [5.74, 6) is 0.0178. The minimum atomic E-state index is -0.576. The van der Waals surface area contributed by atoms with Gasteiger partial charge in [-0.15, -0.1) is 0 Å². The third-order valence-electron chi connectivity index (χ3n) is 8.46. The zero-order chi connectivity index (χ0) is 31.5. The van der Waals surface area contributed by atoms with Crippen molar-refractivity contribution in [3.8, 4) is 0 Å². The van der Waals surface area contributed by atoms with Gasteiger partial charge >= 0.3 is 0 Å². The number of amides is 2. The maximum Gasteiger partial charge on any atom is 0.224 e. The van der Waals surface area contributed by atoms with E-state index in [0.717, 1.165) is 48.2 Å². The van der Waals surface area contributed by atoms with Crippen molar-refractivity contribution in [2.45, 2.75) is 77.6 Å². The molecular weight excluding hydrogens is 554 g/mol. The Balaban J connectivity index is 1.42. The van der Waals surface area contributed by atoms with E-state index in [0.29, 0.717) is 13.0 Å². The van der Waals surface area contributed by atoms with Crippen LogP contribution in [0.15, 0.2) is 78.9 Å². The van der Waals surface area contributed by atoms with Crippen molar-refractivity contribution in [3.05, 3.63) is 101 Å². The van der Waals surface area contributed by atoms with Gasteiger partial charge in [-0.1, -0.05) is 80.1 Å². The molecule has 1 aliphatic heterocycles. The second-order valence-corrected chi connectivity index (χ2v) is 11.8. The SMILES string of the molecule is CC(=O)NCCCCCC(=O)Nc1ccc(C2OC(CN(C)C(C)c3ccccc3)C(C)C(c3ccc(CO)cc3)O2)cc1. The topological polar surface area (TPSA) is 100 Å². The number of carbonyl (C=O) groups is 2. The molecule has 0 aliphatic carbocycles. The normalized spacial score (nSPS) is 20.7. The van der Waals surface area contributed by atoms with Crippen LogP contribution in [-0.2, 0) is 25.7 Å². The van der Waals surface area contributed by atoms with Crippen LogP contribution < -0.4 is 10.6 Å². The minimum Gasteiger partial charge on any atom is -0.392 e. The molecule has 3 aromatic rings. The Kier molecular flexibility index (Phi) is 12.5. The second-order valence-electron chi connectivity index (χ2n) is 11.8. The van der Waals surface area contributed by atoms with Crippen molar-refractivity contribution in [2.24, 2.45) is 5.92 Å². The summed E-state index contributed by atoms with van der Waals surface area (Å²) in [6.07, 6.45) is 2.07. The highest BCUT2D eigenvalue weighted by Crippen LogP contribution is 2.42. The van der Waals surface area contributed by atoms with Crippen molar-refractivity contribution in [1.29, 1.82) is 0 Å². The largest absolute Gasteiger partial charge is 0.392 e. The van der Waals surface area contributed by atoms with Gasteiger partial charge in [-0.2, -0.15) is 0 Å². The van der Waals surface area contributed by atoms with E-state index in [1.165, 1.54) is 12.5 Å². The fraction of sp³-hybridized carbons (Fsp3) is 0.444. The van der Waals surface area contributed by atoms with E-state index >= 15 is 0 Å². The summed E-state index contributed by atoms with van der Waals surface area (Å²) >= 11 is 0. The lowest BCUT2D eigenvalue weighted by molar-refractivity contribution is -0.276. The third-order valence-corrected chi connectivity index (χ3v) is 8.46. The Hall–Kier alpha value is -3.56. The van der Waals surface area contributed by atoms with Crippen molar-refractivity contribution in [1.82, 2.24) is 10.2 Å². The van der Waals surface area contributed by atoms with Crippen LogP contribution in [0.25, 0.3) is 0 Å². The van der Waals surface area contributed by atoms with Crippen molar-refractivity contribution in [2.75, 3.05) is 25.5 Å². The second kappa shape index (κ2) is 16.5. The summed E-state index contributed by atoms with van der Waals surface area (Å²) in [5.41, 5.74) is 4.78. The van der Waals surface area contributed by atoms with Gasteiger partial charge < -0.3 is 25.2 Å². The van der Waals surface area contributed by atoms with E-state index in [9.17, 15) is 14.7 Å². The van der Waals surface area contributed by atoms with Gasteiger partial charge in [-0.05, 0) is 55.6 Å². The smallest absolute Gasteiger partial charge is 0.224 e. The summed E-state index contributed by atoms with van der Waals surface area (Å²) in [4.78, 5) is 25.8. The maximum absolute atomic E-state index is 12.5. The van der Waals surface area contributed by atoms with Crippen LogP contribution in [0.1, 0.15) is 87.1 Å². The van der Waals surface area contributed by atoms with Crippen LogP contribution in [0, 0.1) is 5.92 Å². The van der Waals surface area contributed by atoms with E-state index < -0.39 is 6.29 Å². The molecule has 236 valence electrons. The molecule has 0 bridgehead atoms. The highest BCUT2D eigenvalue weighted by atomic mass is 16.7. The number of rotatable bonds is 14. The molecule has 3 N–H and O–H groups in total. The average molecular weight is 602 g/mol. The Morgan fingerprint density at radius 3 is 2.25 bits per heavy atom. The predicted molar refractivity (Wildman–Crippen MR) is 173 cm³/mol. The molecule has 1 heterocycles. The Labute approximate surface area is 261 Å². The number of unbranched alkanes of at least 4 members (excludes halogenated alkanes) is 2. The van der Waals surface area contributed by atoms with Crippen LogP contribution in [-0.4, -0.2) is 48.1 Å². The molecule has 1 fully saturated rings. The van der Waals surface area contributed by atoms with E-state index in [4.69, 9.17) is 9.47 Å². The van der Waals surface area contributed by atoms with Gasteiger partial charge in [-0.25, -0.2) is 0 Å². The number of likely N-dealkylation sites (N-methyl/N-ethyl adjacent to an activating group) is 1. The van der Waals surface area contributed by atoms with Crippen molar-refractivity contribution < 1.29 is 24.2 Å². The zero-order valence-electron chi connectivity index (χ0n) is 26.4. The van der Waals surface area contributed by atoms with Crippen molar-refractivity contribution in [3.63, 3.8) is 0 Å². The third kappa shape index (κ3) is 9.47. The van der Waals surface area contributed by atoms with Gasteiger partial charge in [0, 0.05) is 49.6 Å². The number of aliphatic hydroxyl groups excluding tert-OH is 1. The molecule has 4 rings (SSSR count). The van der Waals surface area contributed by atoms with E-state index in [2.05, 4.69) is 60.7 Å². The first-order valence-electron chi connectivity index (χ1n) is 15.6. The molecule has 0 aromatic heterocycles. The van der Waals surface area contributed by atoms with E-state index in [-0.39, 0.29) is 42.6 Å². The highest BCUT2D eigenvalue weighted by Gasteiger charge is 2.39. The highest BCUT2D eigenvalue weighted by molar-refractivity contribution is 5.90. The standard InChI is InChI=1S/C36H47N3O5/c1-25-33(23-39(4)26(2)29-11-7-5-8-12-29)43-36(44-35(25)30-16-14-28(24-40)15-17-30)31-18-20-32(21-19-31)38-34(42)13-9-6-10-22-37-27(3)41/h5,7-8,11-12,14-21,25-26,33,35-36,40H,6,9-10,13,22-24H2,1-4H3,(H,37,41)(H,38,42). The van der Waals surface area contributed by atoms with Gasteiger partial charge in [-0.3, -0.25) is 14.5 Å². The lowest BCUT2D eigenvalue weighted by Crippen LogP contribution is -2.44. The maximum atomic E-state index is 12.5. The molecular formula is C36H47N3O5. The molecule has 0 spiro atoms. The molecule has 5 unspecified atom stereocenters. The first-order valence-corrected chi connectivity index (χ1v) is 15.6. The first-order chi connectivity index (χ1) is 21.2. The number of hydrogen-bond acceptors (Lipinski definition) is 6. The Bertz CT molecular complexity index is 1320. The monoisotopic (exact) mass is 601 g/mol. The molecule has 2 amide bonds. The Morgan fingerprint density at radius 2 is 1.59 bits per heavy atom. The van der Waals surface area contributed by atoms with Gasteiger partial charge in [0.05, 0.1) is 18.8 Å². The number of aliphatic hydroxyl groups is 1. The molecule has 3 aromatic carbocycles. The average Bonchev–Trinajstić information content (AvgIpc) is 3.04. The molecule has 8 heteroatoms. The number of nitrogens with one attached hydrogen (secondary N) is 2. The van der Waals surface area contributed by atoms with Crippen LogP contribution in [0.4, 0.5) is 5.69 Å². The van der Waals surface area contributed by atoms with Gasteiger partial charge in [0.25, 0.3) is 0 Å². The summed E-state index contributed by atoms with van der Waals surface area (Å²) in [6, 6.07) is 26.3. The molecule has 0 radical (unpaired) electrons. The zero-order valence-corrected chi connectivity index (χ0v) is 26.4. The molecule has 1 saturated heterocycles. The van der Waals surface area contributed by atoms with Gasteiger partial charge in [0.1, 0.15) is 0 Å². The number of carbonyl (C=O) groups excluding carboxylic acids is 2. The number of anilines is 1.